The average molecular weight is 395 g/mol. The quantitative estimate of drug-likeness (QED) is 0.411. The zero-order valence-corrected chi connectivity index (χ0v) is 15.3. The van der Waals surface area contributed by atoms with Crippen LogP contribution in [0.5, 0.6) is 0 Å². The van der Waals surface area contributed by atoms with Crippen LogP contribution in [-0.4, -0.2) is 26.7 Å². The number of aromatic nitrogens is 1. The molecule has 6 nitrogen and oxygen atoms in total. The number of aliphatic hydroxyl groups excluding tert-OH is 1. The summed E-state index contributed by atoms with van der Waals surface area (Å²) in [5.74, 6) is -1.24. The Morgan fingerprint density at radius 2 is 1.89 bits per heavy atom. The summed E-state index contributed by atoms with van der Waals surface area (Å²) in [7, 11) is 0. The number of ketones is 1. The second-order valence-corrected chi connectivity index (χ2v) is 6.70. The third-order valence-corrected chi connectivity index (χ3v) is 4.78. The van der Waals surface area contributed by atoms with Gasteiger partial charge >= 0.3 is 0 Å². The molecule has 140 valence electrons. The first-order valence-electron chi connectivity index (χ1n) is 8.54. The van der Waals surface area contributed by atoms with E-state index in [1.54, 1.807) is 60.8 Å². The number of benzene rings is 1. The van der Waals surface area contributed by atoms with Crippen molar-refractivity contribution in [3.8, 4) is 0 Å². The van der Waals surface area contributed by atoms with Gasteiger partial charge in [0.25, 0.3) is 11.7 Å². The van der Waals surface area contributed by atoms with Crippen molar-refractivity contribution in [2.45, 2.75) is 12.6 Å². The van der Waals surface area contributed by atoms with E-state index >= 15 is 0 Å². The first-order valence-corrected chi connectivity index (χ1v) is 8.91. The molecule has 0 radical (unpaired) electrons. The van der Waals surface area contributed by atoms with Gasteiger partial charge in [-0.2, -0.15) is 0 Å². The van der Waals surface area contributed by atoms with E-state index in [0.29, 0.717) is 22.0 Å². The van der Waals surface area contributed by atoms with Crippen molar-refractivity contribution < 1.29 is 19.1 Å². The first kappa shape index (κ1) is 18.0. The molecule has 1 N–H and O–H groups in total. The van der Waals surface area contributed by atoms with Crippen molar-refractivity contribution in [3.63, 3.8) is 0 Å². The number of likely N-dealkylation sites (tertiary alicyclic amines) is 1. The summed E-state index contributed by atoms with van der Waals surface area (Å²) in [6, 6.07) is 14.2. The van der Waals surface area contributed by atoms with Crippen molar-refractivity contribution in [1.82, 2.24) is 9.88 Å². The number of pyridine rings is 1. The smallest absolute Gasteiger partial charge is 0.296 e. The van der Waals surface area contributed by atoms with Crippen LogP contribution in [-0.2, 0) is 16.1 Å². The van der Waals surface area contributed by atoms with Crippen LogP contribution < -0.4 is 0 Å². The Balaban J connectivity index is 1.85. The topological polar surface area (TPSA) is 83.6 Å². The van der Waals surface area contributed by atoms with E-state index in [9.17, 15) is 14.7 Å². The minimum atomic E-state index is -0.832. The summed E-state index contributed by atoms with van der Waals surface area (Å²) >= 11 is 5.91. The van der Waals surface area contributed by atoms with Crippen molar-refractivity contribution >= 4 is 29.1 Å². The Labute approximate surface area is 165 Å². The van der Waals surface area contributed by atoms with Crippen molar-refractivity contribution in [1.29, 1.82) is 0 Å². The molecule has 1 aromatic carbocycles. The fraction of sp³-hybridized carbons (Fsp3) is 0.0952. The van der Waals surface area contributed by atoms with E-state index in [-0.39, 0.29) is 17.9 Å². The molecule has 0 saturated carbocycles. The van der Waals surface area contributed by atoms with Crippen LogP contribution in [0.3, 0.4) is 0 Å². The zero-order chi connectivity index (χ0) is 19.7. The van der Waals surface area contributed by atoms with E-state index in [4.69, 9.17) is 16.0 Å². The third kappa shape index (κ3) is 3.18. The maximum atomic E-state index is 12.8. The highest BCUT2D eigenvalue weighted by atomic mass is 35.5. The maximum Gasteiger partial charge on any atom is 0.296 e. The van der Waals surface area contributed by atoms with Gasteiger partial charge in [-0.3, -0.25) is 14.6 Å². The van der Waals surface area contributed by atoms with Gasteiger partial charge in [-0.25, -0.2) is 0 Å². The number of hydrogen-bond acceptors (Lipinski definition) is 5. The molecular weight excluding hydrogens is 380 g/mol. The van der Waals surface area contributed by atoms with E-state index in [2.05, 4.69) is 4.98 Å². The number of aliphatic hydroxyl groups is 1. The van der Waals surface area contributed by atoms with Crippen LogP contribution in [0, 0.1) is 0 Å². The second kappa shape index (κ2) is 7.32. The lowest BCUT2D eigenvalue weighted by molar-refractivity contribution is -0.140. The average Bonchev–Trinajstić information content (AvgIpc) is 3.31. The molecule has 1 saturated heterocycles. The molecule has 1 aliphatic rings. The van der Waals surface area contributed by atoms with Gasteiger partial charge in [-0.15, -0.1) is 0 Å². The molecule has 7 heteroatoms. The molecule has 1 unspecified atom stereocenters. The molecule has 1 amide bonds. The predicted octanol–water partition coefficient (Wildman–Crippen LogP) is 3.95. The summed E-state index contributed by atoms with van der Waals surface area (Å²) < 4.78 is 5.34. The van der Waals surface area contributed by atoms with Crippen LogP contribution in [0.2, 0.25) is 5.02 Å². The van der Waals surface area contributed by atoms with Crippen molar-refractivity contribution in [3.05, 3.63) is 94.7 Å². The Morgan fingerprint density at radius 3 is 2.54 bits per heavy atom. The van der Waals surface area contributed by atoms with Gasteiger partial charge in [0, 0.05) is 16.8 Å². The number of Topliss-reactive ketones (excluding diaryl/α,β-unsaturated/α-hetero) is 1. The number of amides is 1. The fourth-order valence-corrected chi connectivity index (χ4v) is 3.35. The summed E-state index contributed by atoms with van der Waals surface area (Å²) in [5.41, 5.74) is 0.850. The molecule has 0 bridgehead atoms. The van der Waals surface area contributed by atoms with Gasteiger partial charge in [-0.05, 0) is 48.5 Å². The normalized spacial score (nSPS) is 18.6. The molecule has 1 fully saturated rings. The van der Waals surface area contributed by atoms with Gasteiger partial charge in [0.1, 0.15) is 17.6 Å². The van der Waals surface area contributed by atoms with Gasteiger partial charge in [0.2, 0.25) is 0 Å². The number of halogens is 1. The second-order valence-electron chi connectivity index (χ2n) is 6.27. The SMILES string of the molecule is O=C1C(=O)N(Cc2ccco2)C(c2ccccn2)/C1=C(/O)c1ccc(Cl)cc1. The maximum absolute atomic E-state index is 12.8. The van der Waals surface area contributed by atoms with E-state index in [1.807, 2.05) is 0 Å². The Bertz CT molecular complexity index is 1040. The molecule has 1 aliphatic heterocycles. The summed E-state index contributed by atoms with van der Waals surface area (Å²) in [6.07, 6.45) is 3.07. The summed E-state index contributed by atoms with van der Waals surface area (Å²) in [4.78, 5) is 31.2. The number of carbonyl (C=O) groups is 2. The first-order chi connectivity index (χ1) is 13.6. The van der Waals surface area contributed by atoms with E-state index in [1.165, 1.54) is 11.2 Å². The number of rotatable bonds is 4. The third-order valence-electron chi connectivity index (χ3n) is 4.53. The highest BCUT2D eigenvalue weighted by Gasteiger charge is 2.47. The van der Waals surface area contributed by atoms with Crippen LogP contribution in [0.25, 0.3) is 5.76 Å². The molecule has 28 heavy (non-hydrogen) atoms. The fourth-order valence-electron chi connectivity index (χ4n) is 3.22. The van der Waals surface area contributed by atoms with E-state index in [0.717, 1.165) is 0 Å². The van der Waals surface area contributed by atoms with Gasteiger partial charge in [0.05, 0.1) is 24.1 Å². The minimum Gasteiger partial charge on any atom is -0.507 e. The van der Waals surface area contributed by atoms with Gasteiger partial charge < -0.3 is 14.4 Å². The standard InChI is InChI=1S/C21H15ClN2O4/c22-14-8-6-13(7-9-14)19(25)17-18(16-5-1-2-10-23-16)24(21(27)20(17)26)12-15-4-3-11-28-15/h1-11,18,25H,12H2/b19-17-. The summed E-state index contributed by atoms with van der Waals surface area (Å²) in [6.45, 7) is 0.0796. The molecule has 4 rings (SSSR count). The van der Waals surface area contributed by atoms with Crippen LogP contribution in [0.15, 0.2) is 77.0 Å². The highest BCUT2D eigenvalue weighted by molar-refractivity contribution is 6.46. The molecule has 1 atom stereocenters. The molecule has 3 heterocycles. The Hall–Kier alpha value is -3.38. The van der Waals surface area contributed by atoms with Crippen LogP contribution >= 0.6 is 11.6 Å². The lowest BCUT2D eigenvalue weighted by Crippen LogP contribution is -2.29. The van der Waals surface area contributed by atoms with Crippen molar-refractivity contribution in [2.75, 3.05) is 0 Å². The van der Waals surface area contributed by atoms with Gasteiger partial charge in [-0.1, -0.05) is 17.7 Å². The molecular formula is C21H15ClN2O4. The Kier molecular flexibility index (Phi) is 4.71. The minimum absolute atomic E-state index is 0.0161. The summed E-state index contributed by atoms with van der Waals surface area (Å²) in [5, 5.41) is 11.4. The van der Waals surface area contributed by atoms with E-state index < -0.39 is 17.7 Å². The van der Waals surface area contributed by atoms with Crippen molar-refractivity contribution in [2.24, 2.45) is 0 Å². The molecule has 0 spiro atoms. The number of furan rings is 1. The molecule has 2 aromatic heterocycles. The number of nitrogens with zero attached hydrogens (tertiary/aromatic N) is 2. The molecule has 3 aromatic rings. The predicted molar refractivity (Wildman–Crippen MR) is 102 cm³/mol. The monoisotopic (exact) mass is 394 g/mol. The largest absolute Gasteiger partial charge is 0.507 e. The zero-order valence-electron chi connectivity index (χ0n) is 14.6. The van der Waals surface area contributed by atoms with Crippen LogP contribution in [0.1, 0.15) is 23.1 Å². The lowest BCUT2D eigenvalue weighted by Gasteiger charge is -2.23. The number of carbonyl (C=O) groups excluding carboxylic acids is 2. The highest BCUT2D eigenvalue weighted by Crippen LogP contribution is 2.39. The van der Waals surface area contributed by atoms with Gasteiger partial charge in [0.15, 0.2) is 0 Å². The lowest BCUT2D eigenvalue weighted by atomic mass is 9.98. The molecule has 0 aliphatic carbocycles. The number of hydrogen-bond donors (Lipinski definition) is 1. The van der Waals surface area contributed by atoms with Crippen LogP contribution in [0.4, 0.5) is 0 Å². The Morgan fingerprint density at radius 1 is 1.11 bits per heavy atom.